The Labute approximate surface area is 129 Å². The molecule has 0 bridgehead atoms. The maximum atomic E-state index is 6.13. The summed E-state index contributed by atoms with van der Waals surface area (Å²) in [6.07, 6.45) is 0.896. The molecule has 1 heterocycles. The predicted molar refractivity (Wildman–Crippen MR) is 85.7 cm³/mol. The van der Waals surface area contributed by atoms with Gasteiger partial charge in [0, 0.05) is 16.3 Å². The molecule has 1 aliphatic rings. The molecular formula is C17H18ClNO2. The van der Waals surface area contributed by atoms with Gasteiger partial charge in [0.2, 0.25) is 0 Å². The van der Waals surface area contributed by atoms with Gasteiger partial charge in [-0.1, -0.05) is 11.6 Å². The first-order valence-electron chi connectivity index (χ1n) is 7.07. The number of halogens is 1. The van der Waals surface area contributed by atoms with Crippen molar-refractivity contribution in [1.29, 1.82) is 0 Å². The van der Waals surface area contributed by atoms with Gasteiger partial charge in [0.05, 0.1) is 19.8 Å². The van der Waals surface area contributed by atoms with Gasteiger partial charge < -0.3 is 14.8 Å². The maximum Gasteiger partial charge on any atom is 0.124 e. The van der Waals surface area contributed by atoms with Crippen LogP contribution in [0.15, 0.2) is 36.4 Å². The fourth-order valence-electron chi connectivity index (χ4n) is 2.76. The Kier molecular flexibility index (Phi) is 3.93. The molecule has 0 aliphatic carbocycles. The number of nitrogens with one attached hydrogen (secondary N) is 1. The Morgan fingerprint density at radius 3 is 2.86 bits per heavy atom. The van der Waals surface area contributed by atoms with E-state index in [1.807, 2.05) is 31.2 Å². The van der Waals surface area contributed by atoms with E-state index in [9.17, 15) is 0 Å². The Balaban J connectivity index is 1.89. The van der Waals surface area contributed by atoms with Crippen molar-refractivity contribution in [3.63, 3.8) is 0 Å². The lowest BCUT2D eigenvalue weighted by Gasteiger charge is -2.16. The smallest absolute Gasteiger partial charge is 0.124 e. The van der Waals surface area contributed by atoms with Crippen LogP contribution in [-0.4, -0.2) is 13.7 Å². The van der Waals surface area contributed by atoms with Gasteiger partial charge >= 0.3 is 0 Å². The van der Waals surface area contributed by atoms with E-state index in [1.54, 1.807) is 7.11 Å². The minimum Gasteiger partial charge on any atom is -0.496 e. The molecule has 2 aromatic carbocycles. The molecule has 0 aromatic heterocycles. The van der Waals surface area contributed by atoms with Crippen molar-refractivity contribution in [3.05, 3.63) is 52.5 Å². The average molecular weight is 304 g/mol. The van der Waals surface area contributed by atoms with Crippen molar-refractivity contribution < 1.29 is 9.47 Å². The zero-order chi connectivity index (χ0) is 14.8. The molecule has 1 aliphatic heterocycles. The summed E-state index contributed by atoms with van der Waals surface area (Å²) < 4.78 is 11.0. The highest BCUT2D eigenvalue weighted by atomic mass is 35.5. The largest absolute Gasteiger partial charge is 0.496 e. The summed E-state index contributed by atoms with van der Waals surface area (Å²) in [6.45, 7) is 2.67. The number of benzene rings is 2. The molecular weight excluding hydrogens is 286 g/mol. The third-order valence-corrected chi connectivity index (χ3v) is 3.94. The molecule has 0 saturated heterocycles. The first kappa shape index (κ1) is 14.1. The normalized spacial score (nSPS) is 16.2. The van der Waals surface area contributed by atoms with Crippen molar-refractivity contribution >= 4 is 17.3 Å². The van der Waals surface area contributed by atoms with Crippen LogP contribution in [0.5, 0.6) is 11.5 Å². The Morgan fingerprint density at radius 1 is 1.24 bits per heavy atom. The predicted octanol–water partition coefficient (Wildman–Crippen LogP) is 4.46. The molecule has 0 fully saturated rings. The lowest BCUT2D eigenvalue weighted by molar-refractivity contribution is 0.340. The molecule has 1 N–H and O–H groups in total. The molecule has 3 rings (SSSR count). The van der Waals surface area contributed by atoms with E-state index in [0.29, 0.717) is 6.61 Å². The number of anilines is 1. The summed E-state index contributed by atoms with van der Waals surface area (Å²) in [5.41, 5.74) is 3.48. The molecule has 110 valence electrons. The van der Waals surface area contributed by atoms with Crippen LogP contribution in [-0.2, 0) is 6.42 Å². The number of methoxy groups -OCH3 is 1. The van der Waals surface area contributed by atoms with Crippen LogP contribution < -0.4 is 14.8 Å². The molecule has 1 unspecified atom stereocenters. The van der Waals surface area contributed by atoms with Crippen LogP contribution in [0.1, 0.15) is 24.1 Å². The average Bonchev–Trinajstić information content (AvgIpc) is 2.90. The zero-order valence-electron chi connectivity index (χ0n) is 12.2. The summed E-state index contributed by atoms with van der Waals surface area (Å²) in [6, 6.07) is 12.1. The number of fused-ring (bicyclic) bond motifs is 1. The lowest BCUT2D eigenvalue weighted by Crippen LogP contribution is -2.07. The van der Waals surface area contributed by atoms with E-state index in [-0.39, 0.29) is 6.04 Å². The third kappa shape index (κ3) is 2.79. The van der Waals surface area contributed by atoms with Crippen molar-refractivity contribution in [2.75, 3.05) is 19.0 Å². The number of rotatable bonds is 4. The van der Waals surface area contributed by atoms with E-state index in [4.69, 9.17) is 21.1 Å². The lowest BCUT2D eigenvalue weighted by atomic mass is 10.0. The highest BCUT2D eigenvalue weighted by molar-refractivity contribution is 6.30. The number of ether oxygens (including phenoxy) is 2. The van der Waals surface area contributed by atoms with Crippen molar-refractivity contribution in [2.24, 2.45) is 0 Å². The molecule has 3 nitrogen and oxygen atoms in total. The SMILES string of the molecule is CCOc1ccc2c(c1)CC(c1cc(Cl)ccc1OC)N2. The molecule has 0 spiro atoms. The summed E-state index contributed by atoms with van der Waals surface area (Å²) >= 11 is 6.13. The van der Waals surface area contributed by atoms with E-state index in [1.165, 1.54) is 5.56 Å². The second kappa shape index (κ2) is 5.86. The van der Waals surface area contributed by atoms with Gasteiger partial charge in [0.15, 0.2) is 0 Å². The monoisotopic (exact) mass is 303 g/mol. The quantitative estimate of drug-likeness (QED) is 0.905. The summed E-state index contributed by atoms with van der Waals surface area (Å²) in [5, 5.41) is 4.25. The minimum atomic E-state index is 0.172. The van der Waals surface area contributed by atoms with Crippen LogP contribution in [0, 0.1) is 0 Å². The van der Waals surface area contributed by atoms with Crippen LogP contribution >= 0.6 is 11.6 Å². The van der Waals surface area contributed by atoms with Gasteiger partial charge in [-0.2, -0.15) is 0 Å². The van der Waals surface area contributed by atoms with Gasteiger partial charge in [0.25, 0.3) is 0 Å². The van der Waals surface area contributed by atoms with E-state index in [2.05, 4.69) is 17.4 Å². The summed E-state index contributed by atoms with van der Waals surface area (Å²) in [4.78, 5) is 0. The second-order valence-electron chi connectivity index (χ2n) is 5.04. The molecule has 0 saturated carbocycles. The van der Waals surface area contributed by atoms with Crippen molar-refractivity contribution in [3.8, 4) is 11.5 Å². The van der Waals surface area contributed by atoms with Crippen LogP contribution in [0.3, 0.4) is 0 Å². The third-order valence-electron chi connectivity index (χ3n) is 3.71. The summed E-state index contributed by atoms with van der Waals surface area (Å²) in [7, 11) is 1.68. The Bertz CT molecular complexity index is 657. The van der Waals surface area contributed by atoms with Crippen molar-refractivity contribution in [2.45, 2.75) is 19.4 Å². The highest BCUT2D eigenvalue weighted by Crippen LogP contribution is 2.40. The zero-order valence-corrected chi connectivity index (χ0v) is 12.9. The molecule has 4 heteroatoms. The van der Waals surface area contributed by atoms with E-state index in [0.717, 1.165) is 34.2 Å². The Morgan fingerprint density at radius 2 is 2.10 bits per heavy atom. The van der Waals surface area contributed by atoms with Gasteiger partial charge in [-0.15, -0.1) is 0 Å². The number of hydrogen-bond acceptors (Lipinski definition) is 3. The minimum absolute atomic E-state index is 0.172. The van der Waals surface area contributed by atoms with E-state index < -0.39 is 0 Å². The first-order valence-corrected chi connectivity index (χ1v) is 7.44. The topological polar surface area (TPSA) is 30.5 Å². The van der Waals surface area contributed by atoms with Gasteiger partial charge in [0.1, 0.15) is 11.5 Å². The number of hydrogen-bond donors (Lipinski definition) is 1. The Hall–Kier alpha value is -1.87. The molecule has 2 aromatic rings. The van der Waals surface area contributed by atoms with Gasteiger partial charge in [-0.3, -0.25) is 0 Å². The van der Waals surface area contributed by atoms with Gasteiger partial charge in [-0.05, 0) is 55.3 Å². The molecule has 0 amide bonds. The summed E-state index contributed by atoms with van der Waals surface area (Å²) in [5.74, 6) is 1.77. The van der Waals surface area contributed by atoms with Crippen molar-refractivity contribution in [1.82, 2.24) is 0 Å². The fraction of sp³-hybridized carbons (Fsp3) is 0.294. The van der Waals surface area contributed by atoms with Gasteiger partial charge in [-0.25, -0.2) is 0 Å². The van der Waals surface area contributed by atoms with Crippen LogP contribution in [0.4, 0.5) is 5.69 Å². The second-order valence-corrected chi connectivity index (χ2v) is 5.48. The molecule has 1 atom stereocenters. The first-order chi connectivity index (χ1) is 10.2. The highest BCUT2D eigenvalue weighted by Gasteiger charge is 2.25. The molecule has 0 radical (unpaired) electrons. The van der Waals surface area contributed by atoms with E-state index >= 15 is 0 Å². The van der Waals surface area contributed by atoms with Crippen LogP contribution in [0.2, 0.25) is 5.02 Å². The standard InChI is InChI=1S/C17H18ClNO2/c1-3-21-13-5-6-15-11(8-13)9-16(19-15)14-10-12(18)4-7-17(14)20-2/h4-8,10,16,19H,3,9H2,1-2H3. The maximum absolute atomic E-state index is 6.13. The van der Waals surface area contributed by atoms with Crippen LogP contribution in [0.25, 0.3) is 0 Å². The molecule has 21 heavy (non-hydrogen) atoms. The fourth-order valence-corrected chi connectivity index (χ4v) is 2.94.